The monoisotopic (exact) mass is 336 g/mol. The Bertz CT molecular complexity index is 856. The van der Waals surface area contributed by atoms with Gasteiger partial charge in [-0.3, -0.25) is 9.71 Å². The third-order valence-electron chi connectivity index (χ3n) is 3.82. The van der Waals surface area contributed by atoms with Gasteiger partial charge in [0.25, 0.3) is 10.0 Å². The Morgan fingerprint density at radius 2 is 2.04 bits per heavy atom. The lowest BCUT2D eigenvalue weighted by atomic mass is 9.94. The van der Waals surface area contributed by atoms with Crippen LogP contribution in [-0.4, -0.2) is 29.8 Å². The fourth-order valence-corrected chi connectivity index (χ4v) is 3.54. The van der Waals surface area contributed by atoms with Crippen LogP contribution in [-0.2, 0) is 16.6 Å². The van der Waals surface area contributed by atoms with E-state index in [-0.39, 0.29) is 16.2 Å². The highest BCUT2D eigenvalue weighted by Gasteiger charge is 2.33. The number of nitrogens with zero attached hydrogens (tertiary/aromatic N) is 3. The van der Waals surface area contributed by atoms with Gasteiger partial charge in [-0.1, -0.05) is 13.8 Å². The van der Waals surface area contributed by atoms with Gasteiger partial charge >= 0.3 is 0 Å². The molecule has 0 unspecified atom stereocenters. The third kappa shape index (κ3) is 3.03. The molecule has 1 aliphatic heterocycles. The molecule has 0 saturated heterocycles. The van der Waals surface area contributed by atoms with E-state index in [9.17, 15) is 8.42 Å². The predicted octanol–water partition coefficient (Wildman–Crippen LogP) is 2.11. The summed E-state index contributed by atoms with van der Waals surface area (Å²) in [6, 6.07) is 1.75. The average molecular weight is 336 g/mol. The summed E-state index contributed by atoms with van der Waals surface area (Å²) in [6.07, 6.45) is 2.83. The zero-order valence-electron chi connectivity index (χ0n) is 13.6. The fraction of sp³-hybridized carbons (Fsp3) is 0.467. The van der Waals surface area contributed by atoms with Crippen LogP contribution in [0.15, 0.2) is 23.4 Å². The molecule has 1 aliphatic rings. The van der Waals surface area contributed by atoms with Crippen LogP contribution in [0.3, 0.4) is 0 Å². The Labute approximate surface area is 135 Å². The largest absolute Gasteiger partial charge is 0.476 e. The standard InChI is InChI=1S/C15H20N4O3S/c1-10-5-12(6-16-11(10)2)18-23(20,21)13-7-17-19-8-15(3,4)9-22-14(13)19/h5-7,18H,8-9H2,1-4H3. The molecule has 124 valence electrons. The number of fused-ring (bicyclic) bond motifs is 1. The van der Waals surface area contributed by atoms with Crippen LogP contribution in [0.1, 0.15) is 25.1 Å². The summed E-state index contributed by atoms with van der Waals surface area (Å²) < 4.78 is 35.0. The van der Waals surface area contributed by atoms with E-state index >= 15 is 0 Å². The van der Waals surface area contributed by atoms with Crippen molar-refractivity contribution in [1.82, 2.24) is 14.8 Å². The summed E-state index contributed by atoms with van der Waals surface area (Å²) in [5.41, 5.74) is 2.12. The number of pyridine rings is 1. The number of hydrogen-bond donors (Lipinski definition) is 1. The quantitative estimate of drug-likeness (QED) is 0.928. The maximum absolute atomic E-state index is 12.6. The van der Waals surface area contributed by atoms with E-state index in [2.05, 4.69) is 14.8 Å². The van der Waals surface area contributed by atoms with E-state index in [0.717, 1.165) is 11.3 Å². The van der Waals surface area contributed by atoms with Crippen molar-refractivity contribution in [3.63, 3.8) is 0 Å². The molecule has 2 aromatic heterocycles. The number of hydrogen-bond acceptors (Lipinski definition) is 5. The van der Waals surface area contributed by atoms with Gasteiger partial charge in [0.1, 0.15) is 0 Å². The van der Waals surface area contributed by atoms with E-state index in [4.69, 9.17) is 4.74 Å². The molecule has 2 aromatic rings. The molecule has 0 saturated carbocycles. The van der Waals surface area contributed by atoms with Gasteiger partial charge < -0.3 is 4.74 Å². The first-order valence-electron chi connectivity index (χ1n) is 7.33. The first kappa shape index (κ1) is 15.8. The summed E-state index contributed by atoms with van der Waals surface area (Å²) in [4.78, 5) is 4.22. The molecule has 7 nitrogen and oxygen atoms in total. The molecule has 0 amide bonds. The molecule has 0 radical (unpaired) electrons. The van der Waals surface area contributed by atoms with E-state index < -0.39 is 10.0 Å². The Morgan fingerprint density at radius 1 is 1.30 bits per heavy atom. The van der Waals surface area contributed by atoms with Gasteiger partial charge in [0, 0.05) is 11.1 Å². The van der Waals surface area contributed by atoms with E-state index in [1.165, 1.54) is 12.4 Å². The normalized spacial score (nSPS) is 16.5. The molecular weight excluding hydrogens is 316 g/mol. The Morgan fingerprint density at radius 3 is 2.74 bits per heavy atom. The first-order valence-corrected chi connectivity index (χ1v) is 8.81. The third-order valence-corrected chi connectivity index (χ3v) is 5.18. The number of aryl methyl sites for hydroxylation is 2. The molecule has 3 heterocycles. The first-order chi connectivity index (χ1) is 10.7. The zero-order chi connectivity index (χ0) is 16.8. The second kappa shape index (κ2) is 5.23. The second-order valence-corrected chi connectivity index (χ2v) is 8.31. The van der Waals surface area contributed by atoms with Crippen molar-refractivity contribution in [2.24, 2.45) is 5.41 Å². The molecule has 0 atom stereocenters. The number of anilines is 1. The van der Waals surface area contributed by atoms with Gasteiger partial charge in [0.15, 0.2) is 4.90 Å². The van der Waals surface area contributed by atoms with Crippen molar-refractivity contribution >= 4 is 15.7 Å². The summed E-state index contributed by atoms with van der Waals surface area (Å²) in [7, 11) is -3.78. The molecule has 3 rings (SSSR count). The summed E-state index contributed by atoms with van der Waals surface area (Å²) in [6.45, 7) is 8.91. The molecule has 1 N–H and O–H groups in total. The summed E-state index contributed by atoms with van der Waals surface area (Å²) in [5.74, 6) is 0.286. The van der Waals surface area contributed by atoms with Crippen LogP contribution in [0.2, 0.25) is 0 Å². The van der Waals surface area contributed by atoms with Crippen molar-refractivity contribution in [3.05, 3.63) is 29.7 Å². The number of rotatable bonds is 3. The Kier molecular flexibility index (Phi) is 3.59. The van der Waals surface area contributed by atoms with Crippen LogP contribution < -0.4 is 9.46 Å². The van der Waals surface area contributed by atoms with Crippen molar-refractivity contribution in [2.45, 2.75) is 39.1 Å². The van der Waals surface area contributed by atoms with Crippen LogP contribution >= 0.6 is 0 Å². The SMILES string of the molecule is Cc1cc(NS(=O)(=O)c2cnn3c2OCC(C)(C)C3)cnc1C. The maximum Gasteiger partial charge on any atom is 0.268 e. The zero-order valence-corrected chi connectivity index (χ0v) is 14.4. The topological polar surface area (TPSA) is 86.1 Å². The molecule has 23 heavy (non-hydrogen) atoms. The van der Waals surface area contributed by atoms with Crippen molar-refractivity contribution < 1.29 is 13.2 Å². The van der Waals surface area contributed by atoms with E-state index in [1.807, 2.05) is 27.7 Å². The van der Waals surface area contributed by atoms with Gasteiger partial charge in [0.2, 0.25) is 5.88 Å². The molecule has 0 aliphatic carbocycles. The van der Waals surface area contributed by atoms with Crippen molar-refractivity contribution in [2.75, 3.05) is 11.3 Å². The van der Waals surface area contributed by atoms with Crippen LogP contribution in [0.25, 0.3) is 0 Å². The molecule has 0 aromatic carbocycles. The van der Waals surface area contributed by atoms with Gasteiger partial charge in [0.05, 0.1) is 31.2 Å². The fourth-order valence-electron chi connectivity index (χ4n) is 2.42. The lowest BCUT2D eigenvalue weighted by Gasteiger charge is -2.30. The van der Waals surface area contributed by atoms with Gasteiger partial charge in [-0.2, -0.15) is 5.10 Å². The van der Waals surface area contributed by atoms with Crippen molar-refractivity contribution in [1.29, 1.82) is 0 Å². The number of sulfonamides is 1. The minimum absolute atomic E-state index is 0.0474. The minimum atomic E-state index is -3.78. The van der Waals surface area contributed by atoms with Gasteiger partial charge in [-0.05, 0) is 25.5 Å². The molecular formula is C15H20N4O3S. The Hall–Kier alpha value is -2.09. The van der Waals surface area contributed by atoms with Gasteiger partial charge in [-0.25, -0.2) is 13.1 Å². The summed E-state index contributed by atoms with van der Waals surface area (Å²) in [5, 5.41) is 4.15. The lowest BCUT2D eigenvalue weighted by Crippen LogP contribution is -2.33. The minimum Gasteiger partial charge on any atom is -0.476 e. The highest BCUT2D eigenvalue weighted by atomic mass is 32.2. The molecule has 8 heteroatoms. The maximum atomic E-state index is 12.6. The van der Waals surface area contributed by atoms with Gasteiger partial charge in [-0.15, -0.1) is 0 Å². The molecule has 0 bridgehead atoms. The number of nitrogens with one attached hydrogen (secondary N) is 1. The van der Waals surface area contributed by atoms with E-state index in [1.54, 1.807) is 10.7 Å². The van der Waals surface area contributed by atoms with Crippen LogP contribution in [0.4, 0.5) is 5.69 Å². The average Bonchev–Trinajstić information content (AvgIpc) is 2.85. The summed E-state index contributed by atoms with van der Waals surface area (Å²) >= 11 is 0. The smallest absolute Gasteiger partial charge is 0.268 e. The van der Waals surface area contributed by atoms with Crippen molar-refractivity contribution in [3.8, 4) is 5.88 Å². The predicted molar refractivity (Wildman–Crippen MR) is 86.0 cm³/mol. The van der Waals surface area contributed by atoms with E-state index in [0.29, 0.717) is 18.8 Å². The lowest BCUT2D eigenvalue weighted by molar-refractivity contribution is 0.0971. The second-order valence-electron chi connectivity index (χ2n) is 6.66. The van der Waals surface area contributed by atoms with Crippen LogP contribution in [0.5, 0.6) is 5.88 Å². The highest BCUT2D eigenvalue weighted by molar-refractivity contribution is 7.92. The molecule has 0 fully saturated rings. The number of ether oxygens (including phenoxy) is 1. The Balaban J connectivity index is 1.92. The molecule has 0 spiro atoms. The highest BCUT2D eigenvalue weighted by Crippen LogP contribution is 2.33. The number of aromatic nitrogens is 3. The van der Waals surface area contributed by atoms with Crippen LogP contribution in [0, 0.1) is 19.3 Å².